The summed E-state index contributed by atoms with van der Waals surface area (Å²) in [6.07, 6.45) is 0. The maximum absolute atomic E-state index is 13.5. The summed E-state index contributed by atoms with van der Waals surface area (Å²) in [5.74, 6) is -23.3. The minimum absolute atomic E-state index is 0.561. The fourth-order valence-electron chi connectivity index (χ4n) is 1.96. The molecule has 0 aliphatic heterocycles. The van der Waals surface area contributed by atoms with E-state index in [2.05, 4.69) is 9.05 Å². The molecule has 2 aromatic rings. The molecule has 0 saturated carbocycles. The summed E-state index contributed by atoms with van der Waals surface area (Å²) in [5, 5.41) is 0. The summed E-state index contributed by atoms with van der Waals surface area (Å²) < 4.78 is 153. The average molecular weight is 456 g/mol. The van der Waals surface area contributed by atoms with E-state index in [9.17, 15) is 48.5 Å². The SMILES string of the molecule is CP(=O)(OCc1c(F)c(F)c(F)c(F)c1F)OCc1c(F)c(F)c(F)c(F)c1F. The molecule has 0 saturated heterocycles. The van der Waals surface area contributed by atoms with Crippen LogP contribution in [0.4, 0.5) is 43.9 Å². The van der Waals surface area contributed by atoms with Crippen molar-refractivity contribution in [3.05, 3.63) is 69.3 Å². The fourth-order valence-corrected chi connectivity index (χ4v) is 2.76. The summed E-state index contributed by atoms with van der Waals surface area (Å²) in [5.41, 5.74) is -3.05. The average Bonchev–Trinajstić information content (AvgIpc) is 2.67. The molecule has 0 radical (unpaired) electrons. The Bertz CT molecular complexity index is 891. The van der Waals surface area contributed by atoms with Crippen LogP contribution in [0.15, 0.2) is 0 Å². The van der Waals surface area contributed by atoms with Crippen LogP contribution < -0.4 is 0 Å². The van der Waals surface area contributed by atoms with Gasteiger partial charge in [0.15, 0.2) is 46.5 Å². The van der Waals surface area contributed by atoms with E-state index < -0.39 is 90.1 Å². The van der Waals surface area contributed by atoms with Gasteiger partial charge in [-0.1, -0.05) is 0 Å². The molecule has 3 nitrogen and oxygen atoms in total. The van der Waals surface area contributed by atoms with Crippen molar-refractivity contribution >= 4 is 7.60 Å². The highest BCUT2D eigenvalue weighted by Crippen LogP contribution is 2.46. The van der Waals surface area contributed by atoms with E-state index in [0.717, 1.165) is 0 Å². The molecule has 0 N–H and O–H groups in total. The maximum Gasteiger partial charge on any atom is 0.328 e. The van der Waals surface area contributed by atoms with Crippen LogP contribution in [0.1, 0.15) is 11.1 Å². The Morgan fingerprint density at radius 2 is 0.724 bits per heavy atom. The number of benzene rings is 2. The van der Waals surface area contributed by atoms with Gasteiger partial charge < -0.3 is 9.05 Å². The Hall–Kier alpha value is -2.11. The molecule has 0 bridgehead atoms. The van der Waals surface area contributed by atoms with Crippen LogP contribution in [-0.2, 0) is 26.8 Å². The summed E-state index contributed by atoms with van der Waals surface area (Å²) in [6, 6.07) is 0. The van der Waals surface area contributed by atoms with Crippen LogP contribution >= 0.6 is 7.60 Å². The lowest BCUT2D eigenvalue weighted by Crippen LogP contribution is -2.10. The molecular formula is C15H7F10O3P. The van der Waals surface area contributed by atoms with Crippen LogP contribution in [0.2, 0.25) is 0 Å². The molecule has 0 atom stereocenters. The number of hydrogen-bond acceptors (Lipinski definition) is 3. The van der Waals surface area contributed by atoms with Crippen molar-refractivity contribution in [1.82, 2.24) is 0 Å². The van der Waals surface area contributed by atoms with E-state index in [1.165, 1.54) is 0 Å². The van der Waals surface area contributed by atoms with E-state index in [4.69, 9.17) is 0 Å². The van der Waals surface area contributed by atoms with Crippen molar-refractivity contribution in [2.45, 2.75) is 13.2 Å². The van der Waals surface area contributed by atoms with Crippen molar-refractivity contribution in [2.24, 2.45) is 0 Å². The van der Waals surface area contributed by atoms with Gasteiger partial charge in [-0.25, -0.2) is 43.9 Å². The monoisotopic (exact) mass is 456 g/mol. The summed E-state index contributed by atoms with van der Waals surface area (Å²) in [7, 11) is -4.53. The van der Waals surface area contributed by atoms with Gasteiger partial charge in [-0.15, -0.1) is 0 Å². The molecular weight excluding hydrogens is 449 g/mol. The zero-order chi connectivity index (χ0) is 22.3. The Morgan fingerprint density at radius 1 is 0.517 bits per heavy atom. The Balaban J connectivity index is 2.21. The second-order valence-corrected chi connectivity index (χ2v) is 7.47. The molecule has 2 rings (SSSR count). The van der Waals surface area contributed by atoms with Gasteiger partial charge in [-0.05, 0) is 0 Å². The van der Waals surface area contributed by atoms with Crippen molar-refractivity contribution in [3.63, 3.8) is 0 Å². The highest BCUT2D eigenvalue weighted by molar-refractivity contribution is 7.52. The van der Waals surface area contributed by atoms with E-state index >= 15 is 0 Å². The van der Waals surface area contributed by atoms with Crippen molar-refractivity contribution < 1.29 is 57.5 Å². The molecule has 0 fully saturated rings. The standard InChI is InChI=1S/C15H7F10O3P/c1-29(26,27-2-4-6(16)10(20)14(24)11(21)7(4)17)28-3-5-8(18)12(22)15(25)13(23)9(5)19/h2-3H2,1H3. The molecule has 0 aliphatic carbocycles. The minimum atomic E-state index is -4.53. The smallest absolute Gasteiger partial charge is 0.304 e. The predicted molar refractivity (Wildman–Crippen MR) is 75.6 cm³/mol. The Kier molecular flexibility index (Phi) is 6.65. The first-order valence-electron chi connectivity index (χ1n) is 7.17. The van der Waals surface area contributed by atoms with Gasteiger partial charge in [0.05, 0.1) is 24.3 Å². The third kappa shape index (κ3) is 4.41. The molecule has 0 unspecified atom stereocenters. The third-order valence-corrected chi connectivity index (χ3v) is 4.68. The van der Waals surface area contributed by atoms with Gasteiger partial charge in [0.2, 0.25) is 11.6 Å². The molecule has 0 spiro atoms. The zero-order valence-corrected chi connectivity index (χ0v) is 14.8. The van der Waals surface area contributed by atoms with E-state index in [1.807, 2.05) is 0 Å². The van der Waals surface area contributed by atoms with E-state index in [0.29, 0.717) is 6.66 Å². The fraction of sp³-hybridized carbons (Fsp3) is 0.200. The topological polar surface area (TPSA) is 35.5 Å². The molecule has 2 aromatic carbocycles. The molecule has 0 heterocycles. The lowest BCUT2D eigenvalue weighted by atomic mass is 10.2. The van der Waals surface area contributed by atoms with Gasteiger partial charge in [-0.3, -0.25) is 4.57 Å². The van der Waals surface area contributed by atoms with Crippen molar-refractivity contribution in [2.75, 3.05) is 6.66 Å². The lowest BCUT2D eigenvalue weighted by molar-refractivity contribution is 0.185. The van der Waals surface area contributed by atoms with Crippen LogP contribution in [-0.4, -0.2) is 6.66 Å². The molecule has 14 heteroatoms. The van der Waals surface area contributed by atoms with Crippen LogP contribution in [0.3, 0.4) is 0 Å². The quantitative estimate of drug-likeness (QED) is 0.245. The van der Waals surface area contributed by atoms with E-state index in [1.54, 1.807) is 0 Å². The molecule has 0 aliphatic rings. The largest absolute Gasteiger partial charge is 0.328 e. The van der Waals surface area contributed by atoms with Crippen LogP contribution in [0, 0.1) is 58.2 Å². The normalized spacial score (nSPS) is 12.0. The molecule has 160 valence electrons. The molecule has 0 aromatic heterocycles. The number of rotatable bonds is 6. The Labute approximate surface area is 155 Å². The lowest BCUT2D eigenvalue weighted by Gasteiger charge is -2.16. The number of hydrogen-bond donors (Lipinski definition) is 0. The predicted octanol–water partition coefficient (Wildman–Crippen LogP) is 5.63. The van der Waals surface area contributed by atoms with Crippen molar-refractivity contribution in [1.29, 1.82) is 0 Å². The summed E-state index contributed by atoms with van der Waals surface area (Å²) in [6.45, 7) is -2.42. The van der Waals surface area contributed by atoms with Gasteiger partial charge in [0, 0.05) is 6.66 Å². The summed E-state index contributed by atoms with van der Waals surface area (Å²) >= 11 is 0. The first kappa shape index (κ1) is 23.2. The van der Waals surface area contributed by atoms with Gasteiger partial charge in [-0.2, -0.15) is 0 Å². The maximum atomic E-state index is 13.5. The first-order chi connectivity index (χ1) is 13.3. The highest BCUT2D eigenvalue weighted by atomic mass is 31.2. The van der Waals surface area contributed by atoms with Crippen LogP contribution in [0.5, 0.6) is 0 Å². The van der Waals surface area contributed by atoms with Gasteiger partial charge in [0.25, 0.3) is 0 Å². The highest BCUT2D eigenvalue weighted by Gasteiger charge is 2.30. The van der Waals surface area contributed by atoms with Crippen molar-refractivity contribution in [3.8, 4) is 0 Å². The second-order valence-electron chi connectivity index (χ2n) is 5.42. The first-order valence-corrected chi connectivity index (χ1v) is 9.16. The number of halogens is 10. The molecule has 0 amide bonds. The summed E-state index contributed by atoms with van der Waals surface area (Å²) in [4.78, 5) is 0. The molecule has 29 heavy (non-hydrogen) atoms. The van der Waals surface area contributed by atoms with Gasteiger partial charge in [0.1, 0.15) is 0 Å². The van der Waals surface area contributed by atoms with Gasteiger partial charge >= 0.3 is 7.60 Å². The zero-order valence-electron chi connectivity index (χ0n) is 13.9. The second kappa shape index (κ2) is 8.33. The minimum Gasteiger partial charge on any atom is -0.304 e. The Morgan fingerprint density at radius 3 is 0.966 bits per heavy atom. The third-order valence-electron chi connectivity index (χ3n) is 3.49. The van der Waals surface area contributed by atoms with Crippen LogP contribution in [0.25, 0.3) is 0 Å². The van der Waals surface area contributed by atoms with E-state index in [-0.39, 0.29) is 0 Å².